The Morgan fingerprint density at radius 3 is 2.62 bits per heavy atom. The van der Waals surface area contributed by atoms with Crippen molar-refractivity contribution < 1.29 is 0 Å². The molecule has 1 N–H and O–H groups in total. The van der Waals surface area contributed by atoms with Gasteiger partial charge >= 0.3 is 0 Å². The summed E-state index contributed by atoms with van der Waals surface area (Å²) in [6, 6.07) is 0. The van der Waals surface area contributed by atoms with E-state index in [4.69, 9.17) is 0 Å². The normalized spacial score (nSPS) is 9.75. The summed E-state index contributed by atoms with van der Waals surface area (Å²) in [5.74, 6) is 1.83. The van der Waals surface area contributed by atoms with Crippen LogP contribution in [0.4, 0.5) is 0 Å². The molecule has 1 aromatic rings. The molecule has 3 nitrogen and oxygen atoms in total. The number of aryl methyl sites for hydroxylation is 1. The van der Waals surface area contributed by atoms with Crippen LogP contribution in [0.2, 0.25) is 0 Å². The van der Waals surface area contributed by atoms with Gasteiger partial charge in [-0.25, -0.2) is 0 Å². The zero-order valence-corrected chi connectivity index (χ0v) is 6.64. The summed E-state index contributed by atoms with van der Waals surface area (Å²) in [5.41, 5.74) is 0. The number of aromatic nitrogens is 3. The molecule has 0 atom stereocenters. The predicted molar refractivity (Wildman–Crippen MR) is 38.8 cm³/mol. The molecule has 1 heterocycles. The molecule has 0 bridgehead atoms. The number of nitrogens with one attached hydrogen (secondary N) is 1. The maximum atomic E-state index is 3.82. The van der Waals surface area contributed by atoms with Crippen molar-refractivity contribution in [3.8, 4) is 0 Å². The van der Waals surface area contributed by atoms with Crippen molar-refractivity contribution in [2.45, 2.75) is 11.4 Å². The quantitative estimate of drug-likeness (QED) is 0.571. The number of halogens is 1. The zero-order chi connectivity index (χ0) is 5.98. The van der Waals surface area contributed by atoms with Gasteiger partial charge < -0.3 is 4.98 Å². The molecule has 4 heteroatoms. The predicted octanol–water partition coefficient (Wildman–Crippen LogP) is 1.05. The topological polar surface area (TPSA) is 41.6 Å². The van der Waals surface area contributed by atoms with Crippen LogP contribution in [0, 0.1) is 6.92 Å². The molecule has 0 amide bonds. The lowest BCUT2D eigenvalue weighted by molar-refractivity contribution is 1.01. The summed E-state index contributed by atoms with van der Waals surface area (Å²) in [6.07, 6.45) is 0. The minimum absolute atomic E-state index is 0.886. The van der Waals surface area contributed by atoms with E-state index in [1.165, 1.54) is 0 Å². The fourth-order valence-corrected chi connectivity index (χ4v) is 0.798. The molecule has 0 saturated carbocycles. The summed E-state index contributed by atoms with van der Waals surface area (Å²) in [5, 5.41) is 7.60. The van der Waals surface area contributed by atoms with E-state index in [0.29, 0.717) is 0 Å². The molecule has 1 rings (SSSR count). The molecular weight excluding hydrogens is 217 g/mol. The number of nitrogens with zero attached hydrogens (tertiary/aromatic N) is 2. The van der Waals surface area contributed by atoms with Crippen molar-refractivity contribution in [1.82, 2.24) is 15.2 Å². The van der Waals surface area contributed by atoms with E-state index in [1.54, 1.807) is 0 Å². The second-order valence-electron chi connectivity index (χ2n) is 1.49. The van der Waals surface area contributed by atoms with Gasteiger partial charge in [-0.3, -0.25) is 0 Å². The lowest BCUT2D eigenvalue weighted by Crippen LogP contribution is -1.77. The molecular formula is C4H6IN3. The first-order valence-corrected chi connectivity index (χ1v) is 3.79. The van der Waals surface area contributed by atoms with Crippen molar-refractivity contribution in [2.24, 2.45) is 0 Å². The van der Waals surface area contributed by atoms with E-state index in [0.717, 1.165) is 16.1 Å². The summed E-state index contributed by atoms with van der Waals surface area (Å²) in [7, 11) is 0. The highest BCUT2D eigenvalue weighted by molar-refractivity contribution is 14.1. The Morgan fingerprint density at radius 2 is 2.38 bits per heavy atom. The van der Waals surface area contributed by atoms with Gasteiger partial charge in [-0.2, -0.15) is 0 Å². The van der Waals surface area contributed by atoms with Crippen LogP contribution >= 0.6 is 22.6 Å². The van der Waals surface area contributed by atoms with Crippen LogP contribution < -0.4 is 0 Å². The Morgan fingerprint density at radius 1 is 1.62 bits per heavy atom. The minimum atomic E-state index is 0.886. The van der Waals surface area contributed by atoms with E-state index in [1.807, 2.05) is 6.92 Å². The summed E-state index contributed by atoms with van der Waals surface area (Å²) >= 11 is 2.23. The van der Waals surface area contributed by atoms with Crippen LogP contribution in [0.1, 0.15) is 11.6 Å². The van der Waals surface area contributed by atoms with Crippen LogP contribution in [0.25, 0.3) is 0 Å². The standard InChI is InChI=1S/C4H6IN3/c1-3-6-4(2-5)8-7-3/h2H2,1H3,(H,6,7,8). The second-order valence-corrected chi connectivity index (χ2v) is 2.25. The highest BCUT2D eigenvalue weighted by atomic mass is 127. The van der Waals surface area contributed by atoms with Crippen molar-refractivity contribution in [3.05, 3.63) is 11.6 Å². The average molecular weight is 223 g/mol. The van der Waals surface area contributed by atoms with Gasteiger partial charge in [0.05, 0.1) is 4.43 Å². The molecule has 0 aliphatic heterocycles. The van der Waals surface area contributed by atoms with Gasteiger partial charge in [0.2, 0.25) is 0 Å². The third kappa shape index (κ3) is 1.18. The Balaban J connectivity index is 2.84. The molecule has 8 heavy (non-hydrogen) atoms. The highest BCUT2D eigenvalue weighted by Gasteiger charge is 1.92. The first-order chi connectivity index (χ1) is 3.83. The maximum absolute atomic E-state index is 3.82. The zero-order valence-electron chi connectivity index (χ0n) is 4.48. The number of aromatic amines is 1. The Kier molecular flexibility index (Phi) is 1.82. The summed E-state index contributed by atoms with van der Waals surface area (Å²) < 4.78 is 0.901. The molecule has 0 radical (unpaired) electrons. The Hall–Kier alpha value is -0.130. The van der Waals surface area contributed by atoms with Gasteiger partial charge in [0.25, 0.3) is 0 Å². The van der Waals surface area contributed by atoms with Gasteiger partial charge in [0.15, 0.2) is 0 Å². The number of alkyl halides is 1. The van der Waals surface area contributed by atoms with E-state index in [2.05, 4.69) is 37.8 Å². The largest absolute Gasteiger partial charge is 0.329 e. The molecule has 0 aliphatic rings. The molecule has 0 saturated heterocycles. The molecule has 0 unspecified atom stereocenters. The number of hydrogen-bond donors (Lipinski definition) is 1. The number of hydrogen-bond acceptors (Lipinski definition) is 2. The molecule has 0 fully saturated rings. The second kappa shape index (κ2) is 2.43. The van der Waals surface area contributed by atoms with Crippen LogP contribution in [0.15, 0.2) is 0 Å². The number of rotatable bonds is 1. The smallest absolute Gasteiger partial charge is 0.140 e. The summed E-state index contributed by atoms with van der Waals surface area (Å²) in [6.45, 7) is 1.89. The third-order valence-electron chi connectivity index (χ3n) is 0.772. The molecule has 0 aliphatic carbocycles. The average Bonchev–Trinajstić information content (AvgIpc) is 2.14. The van der Waals surface area contributed by atoms with Gasteiger partial charge in [-0.05, 0) is 6.92 Å². The first kappa shape index (κ1) is 6.00. The van der Waals surface area contributed by atoms with Crippen LogP contribution in [0.5, 0.6) is 0 Å². The Labute approximate surface area is 61.0 Å². The van der Waals surface area contributed by atoms with Gasteiger partial charge in [-0.15, -0.1) is 10.2 Å². The van der Waals surface area contributed by atoms with E-state index in [9.17, 15) is 0 Å². The minimum Gasteiger partial charge on any atom is -0.329 e. The molecule has 0 aromatic carbocycles. The first-order valence-electron chi connectivity index (χ1n) is 2.27. The number of H-pyrrole nitrogens is 1. The fraction of sp³-hybridized carbons (Fsp3) is 0.500. The van der Waals surface area contributed by atoms with E-state index < -0.39 is 0 Å². The van der Waals surface area contributed by atoms with Gasteiger partial charge in [-0.1, -0.05) is 22.6 Å². The van der Waals surface area contributed by atoms with Gasteiger partial charge in [0, 0.05) is 0 Å². The molecule has 1 aromatic heterocycles. The third-order valence-corrected chi connectivity index (χ3v) is 1.50. The van der Waals surface area contributed by atoms with E-state index >= 15 is 0 Å². The van der Waals surface area contributed by atoms with Crippen LogP contribution in [-0.2, 0) is 4.43 Å². The van der Waals surface area contributed by atoms with Crippen molar-refractivity contribution in [3.63, 3.8) is 0 Å². The van der Waals surface area contributed by atoms with Crippen molar-refractivity contribution in [2.75, 3.05) is 0 Å². The lowest BCUT2D eigenvalue weighted by atomic mass is 10.7. The van der Waals surface area contributed by atoms with Crippen LogP contribution in [0.3, 0.4) is 0 Å². The fourth-order valence-electron chi connectivity index (χ4n) is 0.454. The SMILES string of the molecule is Cc1nnc(CI)[nH]1. The van der Waals surface area contributed by atoms with Crippen molar-refractivity contribution >= 4 is 22.6 Å². The Bertz CT molecular complexity index is 172. The lowest BCUT2D eigenvalue weighted by Gasteiger charge is -1.77. The molecule has 0 spiro atoms. The molecule has 44 valence electrons. The van der Waals surface area contributed by atoms with Crippen molar-refractivity contribution in [1.29, 1.82) is 0 Å². The van der Waals surface area contributed by atoms with E-state index in [-0.39, 0.29) is 0 Å². The van der Waals surface area contributed by atoms with Gasteiger partial charge in [0.1, 0.15) is 11.6 Å². The van der Waals surface area contributed by atoms with Crippen LogP contribution in [-0.4, -0.2) is 15.2 Å². The highest BCUT2D eigenvalue weighted by Crippen LogP contribution is 1.96. The summed E-state index contributed by atoms with van der Waals surface area (Å²) in [4.78, 5) is 3.00. The monoisotopic (exact) mass is 223 g/mol. The maximum Gasteiger partial charge on any atom is 0.140 e.